The third kappa shape index (κ3) is 2.62. The number of nitrogens with zero attached hydrogens (tertiary/aromatic N) is 2. The van der Waals surface area contributed by atoms with Gasteiger partial charge in [-0.1, -0.05) is 13.3 Å². The van der Waals surface area contributed by atoms with Crippen molar-refractivity contribution in [1.82, 2.24) is 9.80 Å². The molecule has 3 atom stereocenters. The van der Waals surface area contributed by atoms with Gasteiger partial charge in [0.05, 0.1) is 5.41 Å². The summed E-state index contributed by atoms with van der Waals surface area (Å²) in [6.07, 6.45) is 5.31. The van der Waals surface area contributed by atoms with Gasteiger partial charge in [-0.3, -0.25) is 14.4 Å². The van der Waals surface area contributed by atoms with Gasteiger partial charge in [0.25, 0.3) is 0 Å². The third-order valence-electron chi connectivity index (χ3n) is 5.93. The molecule has 1 saturated carbocycles. The van der Waals surface area contributed by atoms with Crippen LogP contribution in [0.15, 0.2) is 0 Å². The lowest BCUT2D eigenvalue weighted by Crippen LogP contribution is -2.48. The lowest BCUT2D eigenvalue weighted by molar-refractivity contribution is -0.150. The van der Waals surface area contributed by atoms with E-state index in [1.165, 1.54) is 0 Å². The maximum Gasteiger partial charge on any atom is 0.311 e. The van der Waals surface area contributed by atoms with E-state index in [2.05, 4.69) is 0 Å². The van der Waals surface area contributed by atoms with Gasteiger partial charge in [0.1, 0.15) is 6.04 Å². The van der Waals surface area contributed by atoms with Gasteiger partial charge < -0.3 is 14.9 Å². The van der Waals surface area contributed by atoms with Gasteiger partial charge in [0.15, 0.2) is 0 Å². The van der Waals surface area contributed by atoms with Gasteiger partial charge in [-0.2, -0.15) is 0 Å². The van der Waals surface area contributed by atoms with Crippen LogP contribution in [0.3, 0.4) is 0 Å². The van der Waals surface area contributed by atoms with Crippen molar-refractivity contribution in [3.05, 3.63) is 0 Å². The van der Waals surface area contributed by atoms with E-state index in [4.69, 9.17) is 0 Å². The number of aliphatic carboxylic acids is 1. The summed E-state index contributed by atoms with van der Waals surface area (Å²) < 4.78 is 0. The Morgan fingerprint density at radius 1 is 1.22 bits per heavy atom. The van der Waals surface area contributed by atoms with Gasteiger partial charge >= 0.3 is 5.97 Å². The van der Waals surface area contributed by atoms with E-state index < -0.39 is 11.4 Å². The molecule has 0 radical (unpaired) electrons. The van der Waals surface area contributed by atoms with Crippen LogP contribution in [0.1, 0.15) is 51.9 Å². The van der Waals surface area contributed by atoms with Gasteiger partial charge in [-0.15, -0.1) is 0 Å². The molecule has 0 bridgehead atoms. The van der Waals surface area contributed by atoms with Gasteiger partial charge in [-0.25, -0.2) is 0 Å². The highest BCUT2D eigenvalue weighted by molar-refractivity contribution is 5.89. The SMILES string of the molecule is CCCC(=O)N1CCCC1C(=O)N1C[C@@H]2CCC[C@@]2(C(=O)O)C1. The van der Waals surface area contributed by atoms with Crippen LogP contribution in [-0.2, 0) is 14.4 Å². The van der Waals surface area contributed by atoms with Gasteiger partial charge in [-0.05, 0) is 38.0 Å². The van der Waals surface area contributed by atoms with Crippen molar-refractivity contribution < 1.29 is 19.5 Å². The molecule has 23 heavy (non-hydrogen) atoms. The maximum absolute atomic E-state index is 12.9. The van der Waals surface area contributed by atoms with Crippen LogP contribution in [0.2, 0.25) is 0 Å². The van der Waals surface area contributed by atoms with Crippen molar-refractivity contribution in [2.75, 3.05) is 19.6 Å². The summed E-state index contributed by atoms with van der Waals surface area (Å²) in [6, 6.07) is -0.376. The van der Waals surface area contributed by atoms with E-state index in [0.29, 0.717) is 38.9 Å². The van der Waals surface area contributed by atoms with Crippen LogP contribution < -0.4 is 0 Å². The fourth-order valence-corrected chi connectivity index (χ4v) is 4.70. The van der Waals surface area contributed by atoms with Crippen LogP contribution >= 0.6 is 0 Å². The van der Waals surface area contributed by atoms with Crippen molar-refractivity contribution in [2.45, 2.75) is 57.9 Å². The van der Waals surface area contributed by atoms with Crippen LogP contribution in [-0.4, -0.2) is 58.4 Å². The Balaban J connectivity index is 1.72. The normalized spacial score (nSPS) is 33.1. The van der Waals surface area contributed by atoms with E-state index in [-0.39, 0.29) is 23.8 Å². The lowest BCUT2D eigenvalue weighted by Gasteiger charge is -2.29. The summed E-state index contributed by atoms with van der Waals surface area (Å²) >= 11 is 0. The molecular formula is C17H26N2O4. The molecule has 2 aliphatic heterocycles. The van der Waals surface area contributed by atoms with Crippen molar-refractivity contribution in [3.63, 3.8) is 0 Å². The number of carboxylic acids is 1. The zero-order valence-electron chi connectivity index (χ0n) is 13.8. The minimum absolute atomic E-state index is 0.0398. The zero-order valence-corrected chi connectivity index (χ0v) is 13.8. The van der Waals surface area contributed by atoms with Crippen LogP contribution in [0, 0.1) is 11.3 Å². The second-order valence-electron chi connectivity index (χ2n) is 7.26. The maximum atomic E-state index is 12.9. The molecular weight excluding hydrogens is 296 g/mol. The first-order chi connectivity index (χ1) is 11.0. The second kappa shape index (κ2) is 6.13. The number of likely N-dealkylation sites (tertiary alicyclic amines) is 2. The lowest BCUT2D eigenvalue weighted by atomic mass is 9.81. The van der Waals surface area contributed by atoms with Crippen molar-refractivity contribution in [1.29, 1.82) is 0 Å². The summed E-state index contributed by atoms with van der Waals surface area (Å²) in [5, 5.41) is 9.65. The Labute approximate surface area is 136 Å². The molecule has 1 unspecified atom stereocenters. The Morgan fingerprint density at radius 2 is 2.00 bits per heavy atom. The molecule has 128 valence electrons. The number of carbonyl (C=O) groups is 3. The van der Waals surface area contributed by atoms with Crippen LogP contribution in [0.4, 0.5) is 0 Å². The molecule has 0 aromatic carbocycles. The highest BCUT2D eigenvalue weighted by Gasteiger charge is 2.56. The van der Waals surface area contributed by atoms with Gasteiger partial charge in [0, 0.05) is 26.1 Å². The quantitative estimate of drug-likeness (QED) is 0.850. The molecule has 2 amide bonds. The average Bonchev–Trinajstić information content (AvgIpc) is 3.20. The summed E-state index contributed by atoms with van der Waals surface area (Å²) in [5.74, 6) is -0.677. The molecule has 0 aromatic rings. The standard InChI is InChI=1S/C17H26N2O4/c1-2-5-14(20)19-9-4-7-13(19)15(21)18-10-12-6-3-8-17(12,11-18)16(22)23/h12-13H,2-11H2,1H3,(H,22,23)/t12-,13?,17+/m0/s1. The highest BCUT2D eigenvalue weighted by atomic mass is 16.4. The largest absolute Gasteiger partial charge is 0.481 e. The topological polar surface area (TPSA) is 77.9 Å². The number of carboxylic acid groups (broad SMARTS) is 1. The summed E-state index contributed by atoms with van der Waals surface area (Å²) in [4.78, 5) is 40.3. The number of hydrogen-bond donors (Lipinski definition) is 1. The molecule has 6 nitrogen and oxygen atoms in total. The molecule has 1 N–H and O–H groups in total. The molecule has 6 heteroatoms. The van der Waals surface area contributed by atoms with Crippen molar-refractivity contribution in [3.8, 4) is 0 Å². The van der Waals surface area contributed by atoms with E-state index in [9.17, 15) is 19.5 Å². The summed E-state index contributed by atoms with van der Waals surface area (Å²) in [6.45, 7) is 3.47. The molecule has 0 aromatic heterocycles. The number of fused-ring (bicyclic) bond motifs is 1. The van der Waals surface area contributed by atoms with E-state index in [0.717, 1.165) is 25.7 Å². The minimum atomic E-state index is -0.763. The third-order valence-corrected chi connectivity index (χ3v) is 5.93. The number of hydrogen-bond acceptors (Lipinski definition) is 3. The predicted octanol–water partition coefficient (Wildman–Crippen LogP) is 1.49. The fraction of sp³-hybridized carbons (Fsp3) is 0.824. The molecule has 1 aliphatic carbocycles. The number of rotatable bonds is 4. The molecule has 3 aliphatic rings. The first-order valence-electron chi connectivity index (χ1n) is 8.81. The Kier molecular flexibility index (Phi) is 4.34. The number of amides is 2. The first kappa shape index (κ1) is 16.3. The summed E-state index contributed by atoms with van der Waals surface area (Å²) in [5.41, 5.74) is -0.744. The molecule has 3 fully saturated rings. The Morgan fingerprint density at radius 3 is 2.65 bits per heavy atom. The predicted molar refractivity (Wildman–Crippen MR) is 83.6 cm³/mol. The van der Waals surface area contributed by atoms with Crippen LogP contribution in [0.25, 0.3) is 0 Å². The smallest absolute Gasteiger partial charge is 0.311 e. The monoisotopic (exact) mass is 322 g/mol. The van der Waals surface area contributed by atoms with E-state index >= 15 is 0 Å². The minimum Gasteiger partial charge on any atom is -0.481 e. The Bertz CT molecular complexity index is 521. The highest BCUT2D eigenvalue weighted by Crippen LogP contribution is 2.49. The van der Waals surface area contributed by atoms with E-state index in [1.807, 2.05) is 6.92 Å². The number of carbonyl (C=O) groups excluding carboxylic acids is 2. The molecule has 2 saturated heterocycles. The van der Waals surface area contributed by atoms with Crippen LogP contribution in [0.5, 0.6) is 0 Å². The molecule has 3 rings (SSSR count). The fourth-order valence-electron chi connectivity index (χ4n) is 4.70. The zero-order chi connectivity index (χ0) is 16.6. The summed E-state index contributed by atoms with van der Waals surface area (Å²) in [7, 11) is 0. The van der Waals surface area contributed by atoms with E-state index in [1.54, 1.807) is 9.80 Å². The molecule has 2 heterocycles. The molecule has 0 spiro atoms. The van der Waals surface area contributed by atoms with Crippen molar-refractivity contribution in [2.24, 2.45) is 11.3 Å². The van der Waals surface area contributed by atoms with Crippen molar-refractivity contribution >= 4 is 17.8 Å². The van der Waals surface area contributed by atoms with Gasteiger partial charge in [0.2, 0.25) is 11.8 Å². The second-order valence-corrected chi connectivity index (χ2v) is 7.26. The average molecular weight is 322 g/mol. The Hall–Kier alpha value is -1.59. The first-order valence-corrected chi connectivity index (χ1v) is 8.81.